The van der Waals surface area contributed by atoms with Crippen molar-refractivity contribution >= 4 is 11.7 Å². The van der Waals surface area contributed by atoms with Crippen LogP contribution in [0.3, 0.4) is 0 Å². The molecule has 1 aromatic heterocycles. The van der Waals surface area contributed by atoms with Gasteiger partial charge in [-0.1, -0.05) is 18.2 Å². The molecular weight excluding hydrogens is 384 g/mol. The smallest absolute Gasteiger partial charge is 0.347 e. The van der Waals surface area contributed by atoms with Crippen molar-refractivity contribution in [1.29, 1.82) is 0 Å². The minimum absolute atomic E-state index is 0.289. The van der Waals surface area contributed by atoms with Crippen LogP contribution in [0, 0.1) is 0 Å². The molecule has 0 aliphatic carbocycles. The fraction of sp³-hybridized carbons (Fsp3) is 0.227. The van der Waals surface area contributed by atoms with Crippen molar-refractivity contribution in [1.82, 2.24) is 14.9 Å². The number of ether oxygens (including phenoxy) is 2. The predicted octanol–water partition coefficient (Wildman–Crippen LogP) is 2.43. The van der Waals surface area contributed by atoms with Crippen LogP contribution in [0.1, 0.15) is 11.1 Å². The van der Waals surface area contributed by atoms with Gasteiger partial charge in [0.15, 0.2) is 11.5 Å². The lowest BCUT2D eigenvalue weighted by Crippen LogP contribution is -2.30. The Morgan fingerprint density at radius 3 is 2.77 bits per heavy atom. The molecule has 8 nitrogen and oxygen atoms in total. The minimum Gasteiger partial charge on any atom is -0.486 e. The zero-order chi connectivity index (χ0) is 20.8. The molecule has 4 rings (SSSR count). The number of carbonyl (C=O) groups is 1. The van der Waals surface area contributed by atoms with E-state index in [0.717, 1.165) is 22.6 Å². The Bertz CT molecular complexity index is 1100. The zero-order valence-electron chi connectivity index (χ0n) is 16.3. The predicted molar refractivity (Wildman–Crippen MR) is 112 cm³/mol. The first kappa shape index (κ1) is 19.5. The zero-order valence-corrected chi connectivity index (χ0v) is 16.3. The van der Waals surface area contributed by atoms with Crippen LogP contribution in [0.4, 0.5) is 10.5 Å². The lowest BCUT2D eigenvalue weighted by molar-refractivity contribution is 0.171. The highest BCUT2D eigenvalue weighted by Crippen LogP contribution is 2.30. The summed E-state index contributed by atoms with van der Waals surface area (Å²) in [6.07, 6.45) is 3.82. The van der Waals surface area contributed by atoms with Crippen molar-refractivity contribution in [2.45, 2.75) is 13.0 Å². The summed E-state index contributed by atoms with van der Waals surface area (Å²) in [6, 6.07) is 14.6. The van der Waals surface area contributed by atoms with E-state index in [4.69, 9.17) is 9.47 Å². The van der Waals surface area contributed by atoms with E-state index < -0.39 is 0 Å². The van der Waals surface area contributed by atoms with E-state index in [9.17, 15) is 9.59 Å². The van der Waals surface area contributed by atoms with Crippen LogP contribution >= 0.6 is 0 Å². The summed E-state index contributed by atoms with van der Waals surface area (Å²) in [6.45, 7) is 1.98. The fourth-order valence-corrected chi connectivity index (χ4v) is 3.19. The molecule has 2 N–H and O–H groups in total. The Balaban J connectivity index is 1.29. The molecule has 1 aliphatic rings. The second kappa shape index (κ2) is 9.13. The van der Waals surface area contributed by atoms with E-state index in [1.807, 2.05) is 36.4 Å². The lowest BCUT2D eigenvalue weighted by atomic mass is 10.1. The van der Waals surface area contributed by atoms with Crippen LogP contribution in [0.25, 0.3) is 0 Å². The van der Waals surface area contributed by atoms with Gasteiger partial charge in [-0.3, -0.25) is 4.57 Å². The number of nitrogens with one attached hydrogen (secondary N) is 2. The average molecular weight is 406 g/mol. The van der Waals surface area contributed by atoms with Gasteiger partial charge < -0.3 is 20.1 Å². The third-order valence-electron chi connectivity index (χ3n) is 4.63. The first-order valence-corrected chi connectivity index (χ1v) is 9.71. The maximum absolute atomic E-state index is 12.2. The van der Waals surface area contributed by atoms with Crippen LogP contribution < -0.4 is 25.8 Å². The molecule has 0 fully saturated rings. The summed E-state index contributed by atoms with van der Waals surface area (Å²) in [5.41, 5.74) is 2.29. The van der Waals surface area contributed by atoms with E-state index in [2.05, 4.69) is 15.6 Å². The Kier molecular flexibility index (Phi) is 5.93. The van der Waals surface area contributed by atoms with Crippen LogP contribution in [0.2, 0.25) is 0 Å². The van der Waals surface area contributed by atoms with Crippen molar-refractivity contribution in [3.8, 4) is 11.5 Å². The Morgan fingerprint density at radius 1 is 1.03 bits per heavy atom. The number of anilines is 1. The Morgan fingerprint density at radius 2 is 1.90 bits per heavy atom. The second-order valence-corrected chi connectivity index (χ2v) is 6.84. The third kappa shape index (κ3) is 4.96. The number of hydrogen-bond donors (Lipinski definition) is 2. The van der Waals surface area contributed by atoms with Gasteiger partial charge in [0.25, 0.3) is 0 Å². The molecule has 0 spiro atoms. The average Bonchev–Trinajstić information content (AvgIpc) is 2.75. The van der Waals surface area contributed by atoms with Gasteiger partial charge in [-0.05, 0) is 47.9 Å². The summed E-state index contributed by atoms with van der Waals surface area (Å²) in [5.74, 6) is 1.50. The molecule has 0 radical (unpaired) electrons. The lowest BCUT2D eigenvalue weighted by Gasteiger charge is -2.18. The van der Waals surface area contributed by atoms with Crippen LogP contribution in [0.5, 0.6) is 11.5 Å². The van der Waals surface area contributed by atoms with Crippen LogP contribution in [-0.4, -0.2) is 35.3 Å². The molecule has 0 saturated heterocycles. The highest BCUT2D eigenvalue weighted by molar-refractivity contribution is 5.89. The molecule has 30 heavy (non-hydrogen) atoms. The molecular formula is C22H22N4O4. The van der Waals surface area contributed by atoms with Crippen molar-refractivity contribution in [3.05, 3.63) is 82.5 Å². The van der Waals surface area contributed by atoms with Gasteiger partial charge >= 0.3 is 11.7 Å². The van der Waals surface area contributed by atoms with E-state index in [0.29, 0.717) is 38.4 Å². The van der Waals surface area contributed by atoms with Crippen molar-refractivity contribution in [2.75, 3.05) is 25.1 Å². The summed E-state index contributed by atoms with van der Waals surface area (Å²) in [5, 5.41) is 5.67. The maximum Gasteiger partial charge on any atom is 0.347 e. The Hall–Kier alpha value is -3.81. The molecule has 0 unspecified atom stereocenters. The van der Waals surface area contributed by atoms with Crippen molar-refractivity contribution in [2.24, 2.45) is 0 Å². The molecule has 8 heteroatoms. The van der Waals surface area contributed by atoms with Crippen molar-refractivity contribution in [3.63, 3.8) is 0 Å². The summed E-state index contributed by atoms with van der Waals surface area (Å²) in [4.78, 5) is 27.7. The van der Waals surface area contributed by atoms with Crippen LogP contribution in [0.15, 0.2) is 65.7 Å². The first-order chi connectivity index (χ1) is 14.7. The highest BCUT2D eigenvalue weighted by atomic mass is 16.6. The molecule has 0 atom stereocenters. The summed E-state index contributed by atoms with van der Waals surface area (Å²) >= 11 is 0. The number of benzene rings is 2. The van der Waals surface area contributed by atoms with E-state index in [1.54, 1.807) is 18.3 Å². The summed E-state index contributed by atoms with van der Waals surface area (Å²) < 4.78 is 12.6. The fourth-order valence-electron chi connectivity index (χ4n) is 3.19. The Labute approximate surface area is 173 Å². The molecule has 0 bridgehead atoms. The maximum atomic E-state index is 12.2. The number of carbonyl (C=O) groups excluding carboxylic acids is 1. The molecule has 154 valence electrons. The van der Waals surface area contributed by atoms with Crippen molar-refractivity contribution < 1.29 is 14.3 Å². The number of fused-ring (bicyclic) bond motifs is 1. The number of aromatic nitrogens is 2. The minimum atomic E-state index is -0.312. The van der Waals surface area contributed by atoms with Crippen LogP contribution in [-0.2, 0) is 13.0 Å². The SMILES string of the molecule is O=C(NCCc1ccc2c(c1)OCCO2)Nc1cccc(Cn2cccnc2=O)c1. The number of rotatable bonds is 6. The number of amides is 2. The quantitative estimate of drug-likeness (QED) is 0.656. The standard InChI is InChI=1S/C22H22N4O4/c27-21(23-9-7-16-5-6-19-20(14-16)30-12-11-29-19)25-18-4-1-3-17(13-18)15-26-10-2-8-24-22(26)28/h1-6,8,10,13-14H,7,9,11-12,15H2,(H2,23,25,27). The largest absolute Gasteiger partial charge is 0.486 e. The number of urea groups is 1. The first-order valence-electron chi connectivity index (χ1n) is 9.71. The monoisotopic (exact) mass is 406 g/mol. The topological polar surface area (TPSA) is 94.5 Å². The van der Waals surface area contributed by atoms with E-state index >= 15 is 0 Å². The molecule has 2 amide bonds. The molecule has 2 heterocycles. The second-order valence-electron chi connectivity index (χ2n) is 6.84. The van der Waals surface area contributed by atoms with Gasteiger partial charge in [-0.2, -0.15) is 0 Å². The molecule has 0 saturated carbocycles. The van der Waals surface area contributed by atoms with Gasteiger partial charge in [0, 0.05) is 24.6 Å². The molecule has 2 aromatic carbocycles. The van der Waals surface area contributed by atoms with Gasteiger partial charge in [-0.25, -0.2) is 14.6 Å². The normalized spacial score (nSPS) is 12.3. The van der Waals surface area contributed by atoms with Gasteiger partial charge in [0.2, 0.25) is 0 Å². The summed E-state index contributed by atoms with van der Waals surface area (Å²) in [7, 11) is 0. The van der Waals surface area contributed by atoms with E-state index in [1.165, 1.54) is 10.8 Å². The van der Waals surface area contributed by atoms with Gasteiger partial charge in [0.1, 0.15) is 13.2 Å². The van der Waals surface area contributed by atoms with Gasteiger partial charge in [0.05, 0.1) is 6.54 Å². The molecule has 3 aromatic rings. The third-order valence-corrected chi connectivity index (χ3v) is 4.63. The number of hydrogen-bond acceptors (Lipinski definition) is 5. The van der Waals surface area contributed by atoms with Gasteiger partial charge in [-0.15, -0.1) is 0 Å². The molecule has 1 aliphatic heterocycles. The van der Waals surface area contributed by atoms with E-state index in [-0.39, 0.29) is 11.7 Å². The highest BCUT2D eigenvalue weighted by Gasteiger charge is 2.11. The number of nitrogens with zero attached hydrogens (tertiary/aromatic N) is 2.